The molecule has 0 fully saturated rings. The van der Waals surface area contributed by atoms with E-state index in [1.165, 1.54) is 16.5 Å². The molecule has 0 amide bonds. The van der Waals surface area contributed by atoms with E-state index in [2.05, 4.69) is 22.3 Å². The van der Waals surface area contributed by atoms with Gasteiger partial charge in [-0.2, -0.15) is 13.2 Å². The highest BCUT2D eigenvalue weighted by Gasteiger charge is 2.27. The van der Waals surface area contributed by atoms with Crippen LogP contribution in [0.15, 0.2) is 30.5 Å². The van der Waals surface area contributed by atoms with Crippen LogP contribution in [-0.4, -0.2) is 24.0 Å². The fraction of sp³-hybridized carbons (Fsp3) is 0.467. The molecule has 0 saturated carbocycles. The van der Waals surface area contributed by atoms with E-state index >= 15 is 0 Å². The van der Waals surface area contributed by atoms with Gasteiger partial charge in [-0.1, -0.05) is 25.1 Å². The third-order valence-electron chi connectivity index (χ3n) is 3.21. The Kier molecular flexibility index (Phi) is 4.70. The van der Waals surface area contributed by atoms with Gasteiger partial charge in [0.2, 0.25) is 0 Å². The van der Waals surface area contributed by atoms with Gasteiger partial charge in [0.1, 0.15) is 6.61 Å². The molecule has 0 N–H and O–H groups in total. The first kappa shape index (κ1) is 14.9. The number of para-hydroxylation sites is 1. The zero-order valence-corrected chi connectivity index (χ0v) is 11.4. The van der Waals surface area contributed by atoms with Crippen LogP contribution in [0.2, 0.25) is 0 Å². The van der Waals surface area contributed by atoms with Crippen LogP contribution < -0.4 is 0 Å². The second kappa shape index (κ2) is 6.31. The number of hydrogen-bond acceptors (Lipinski definition) is 1. The Bertz CT molecular complexity index is 560. The zero-order chi connectivity index (χ0) is 14.6. The van der Waals surface area contributed by atoms with E-state index in [1.807, 2.05) is 24.4 Å². The minimum atomic E-state index is -4.24. The highest BCUT2D eigenvalue weighted by Crippen LogP contribution is 2.21. The Hall–Kier alpha value is -1.49. The van der Waals surface area contributed by atoms with Gasteiger partial charge in [0.05, 0.1) is 5.52 Å². The van der Waals surface area contributed by atoms with Crippen LogP contribution in [0.4, 0.5) is 13.2 Å². The van der Waals surface area contributed by atoms with Crippen molar-refractivity contribution < 1.29 is 17.9 Å². The van der Waals surface area contributed by atoms with Crippen LogP contribution in [0.1, 0.15) is 18.9 Å². The third-order valence-corrected chi connectivity index (χ3v) is 3.21. The fourth-order valence-electron chi connectivity index (χ4n) is 2.34. The number of halogens is 3. The van der Waals surface area contributed by atoms with Crippen molar-refractivity contribution in [3.63, 3.8) is 0 Å². The van der Waals surface area contributed by atoms with Gasteiger partial charge in [0, 0.05) is 19.3 Å². The Balaban J connectivity index is 1.94. The van der Waals surface area contributed by atoms with Gasteiger partial charge in [-0.25, -0.2) is 0 Å². The van der Waals surface area contributed by atoms with Gasteiger partial charge in [-0.15, -0.1) is 0 Å². The molecule has 110 valence electrons. The molecule has 1 heterocycles. The number of ether oxygens (including phenoxy) is 1. The van der Waals surface area contributed by atoms with Crippen LogP contribution >= 0.6 is 0 Å². The third kappa shape index (κ3) is 3.76. The summed E-state index contributed by atoms with van der Waals surface area (Å²) in [5.74, 6) is 0. The first-order valence-electron chi connectivity index (χ1n) is 6.72. The maximum Gasteiger partial charge on any atom is 0.411 e. The van der Waals surface area contributed by atoms with Gasteiger partial charge in [0.25, 0.3) is 0 Å². The molecule has 20 heavy (non-hydrogen) atoms. The van der Waals surface area contributed by atoms with Gasteiger partial charge < -0.3 is 9.30 Å². The number of aryl methyl sites for hydroxylation is 2. The summed E-state index contributed by atoms with van der Waals surface area (Å²) < 4.78 is 42.5. The SMILES string of the molecule is CCc1cccc2ccn(CCCOCC(F)(F)F)c12. The fourth-order valence-corrected chi connectivity index (χ4v) is 2.34. The molecule has 0 aliphatic rings. The molecule has 2 nitrogen and oxygen atoms in total. The minimum Gasteiger partial charge on any atom is -0.372 e. The standard InChI is InChI=1S/C15H18F3NO/c1-2-12-5-3-6-13-7-9-19(14(12)13)8-4-10-20-11-15(16,17)18/h3,5-7,9H,2,4,8,10-11H2,1H3. The van der Waals surface area contributed by atoms with Crippen molar-refractivity contribution in [1.29, 1.82) is 0 Å². The summed E-state index contributed by atoms with van der Waals surface area (Å²) in [4.78, 5) is 0. The summed E-state index contributed by atoms with van der Waals surface area (Å²) in [7, 11) is 0. The number of benzene rings is 1. The molecule has 1 aromatic heterocycles. The summed E-state index contributed by atoms with van der Waals surface area (Å²) in [6.07, 6.45) is -0.757. The van der Waals surface area contributed by atoms with E-state index in [0.29, 0.717) is 13.0 Å². The van der Waals surface area contributed by atoms with E-state index in [0.717, 1.165) is 6.42 Å². The molecule has 1 aromatic carbocycles. The monoisotopic (exact) mass is 285 g/mol. The Morgan fingerprint density at radius 2 is 2.00 bits per heavy atom. The summed E-state index contributed by atoms with van der Waals surface area (Å²) in [5.41, 5.74) is 2.43. The average Bonchev–Trinajstić information content (AvgIpc) is 2.80. The smallest absolute Gasteiger partial charge is 0.372 e. The topological polar surface area (TPSA) is 14.2 Å². The second-order valence-corrected chi connectivity index (χ2v) is 4.74. The number of hydrogen-bond donors (Lipinski definition) is 0. The minimum absolute atomic E-state index is 0.119. The Morgan fingerprint density at radius 3 is 2.70 bits per heavy atom. The summed E-state index contributed by atoms with van der Waals surface area (Å²) in [6.45, 7) is 1.71. The van der Waals surface area contributed by atoms with E-state index in [4.69, 9.17) is 0 Å². The van der Waals surface area contributed by atoms with Crippen molar-refractivity contribution in [2.45, 2.75) is 32.5 Å². The van der Waals surface area contributed by atoms with E-state index in [1.54, 1.807) is 0 Å². The highest BCUT2D eigenvalue weighted by atomic mass is 19.4. The molecular formula is C15H18F3NO. The van der Waals surface area contributed by atoms with Crippen LogP contribution in [0.5, 0.6) is 0 Å². The van der Waals surface area contributed by atoms with Crippen molar-refractivity contribution in [2.24, 2.45) is 0 Å². The molecule has 0 aliphatic heterocycles. The Morgan fingerprint density at radius 1 is 1.20 bits per heavy atom. The molecule has 2 aromatic rings. The molecule has 0 spiro atoms. The van der Waals surface area contributed by atoms with Crippen molar-refractivity contribution >= 4 is 10.9 Å². The first-order chi connectivity index (χ1) is 9.51. The van der Waals surface area contributed by atoms with Crippen molar-refractivity contribution in [3.8, 4) is 0 Å². The lowest BCUT2D eigenvalue weighted by atomic mass is 10.1. The zero-order valence-electron chi connectivity index (χ0n) is 11.4. The maximum absolute atomic E-state index is 11.9. The number of rotatable bonds is 6. The van der Waals surface area contributed by atoms with Gasteiger partial charge in [-0.05, 0) is 29.9 Å². The summed E-state index contributed by atoms with van der Waals surface area (Å²) in [5, 5.41) is 1.17. The van der Waals surface area contributed by atoms with Crippen LogP contribution in [0.25, 0.3) is 10.9 Å². The lowest BCUT2D eigenvalue weighted by Crippen LogP contribution is -2.17. The number of fused-ring (bicyclic) bond motifs is 1. The Labute approximate surface area is 116 Å². The predicted octanol–water partition coefficient (Wildman–Crippen LogP) is 4.17. The summed E-state index contributed by atoms with van der Waals surface area (Å²) in [6, 6.07) is 8.19. The van der Waals surface area contributed by atoms with Gasteiger partial charge in [0.15, 0.2) is 0 Å². The molecule has 0 aliphatic carbocycles. The quantitative estimate of drug-likeness (QED) is 0.726. The first-order valence-corrected chi connectivity index (χ1v) is 6.72. The molecule has 0 unspecified atom stereocenters. The van der Waals surface area contributed by atoms with Crippen LogP contribution in [0.3, 0.4) is 0 Å². The number of aromatic nitrogens is 1. The normalized spacial score (nSPS) is 12.2. The average molecular weight is 285 g/mol. The second-order valence-electron chi connectivity index (χ2n) is 4.74. The van der Waals surface area contributed by atoms with Crippen LogP contribution in [0, 0.1) is 0 Å². The molecule has 2 rings (SSSR count). The molecular weight excluding hydrogens is 267 g/mol. The maximum atomic E-state index is 11.9. The number of nitrogens with zero attached hydrogens (tertiary/aromatic N) is 1. The molecule has 0 atom stereocenters. The molecule has 0 saturated heterocycles. The molecule has 0 bridgehead atoms. The molecule has 0 radical (unpaired) electrons. The lowest BCUT2D eigenvalue weighted by molar-refractivity contribution is -0.174. The van der Waals surface area contributed by atoms with Crippen molar-refractivity contribution in [3.05, 3.63) is 36.0 Å². The van der Waals surface area contributed by atoms with Crippen molar-refractivity contribution in [2.75, 3.05) is 13.2 Å². The molecule has 5 heteroatoms. The predicted molar refractivity (Wildman–Crippen MR) is 72.8 cm³/mol. The van der Waals surface area contributed by atoms with E-state index in [9.17, 15) is 13.2 Å². The van der Waals surface area contributed by atoms with Gasteiger partial charge in [-0.3, -0.25) is 0 Å². The lowest BCUT2D eigenvalue weighted by Gasteiger charge is -2.10. The van der Waals surface area contributed by atoms with Crippen LogP contribution in [-0.2, 0) is 17.7 Å². The number of alkyl halides is 3. The van der Waals surface area contributed by atoms with E-state index in [-0.39, 0.29) is 6.61 Å². The van der Waals surface area contributed by atoms with E-state index < -0.39 is 12.8 Å². The largest absolute Gasteiger partial charge is 0.411 e. The van der Waals surface area contributed by atoms with Crippen molar-refractivity contribution in [1.82, 2.24) is 4.57 Å². The van der Waals surface area contributed by atoms with Gasteiger partial charge >= 0.3 is 6.18 Å². The highest BCUT2D eigenvalue weighted by molar-refractivity contribution is 5.83. The summed E-state index contributed by atoms with van der Waals surface area (Å²) >= 11 is 0.